The number of amides is 2. The number of carbonyl (C=O) groups is 2. The Bertz CT molecular complexity index is 321. The molecule has 88 valence electrons. The predicted molar refractivity (Wildman–Crippen MR) is 58.8 cm³/mol. The zero-order valence-electron chi connectivity index (χ0n) is 9.08. The Labute approximate surface area is 93.9 Å². The summed E-state index contributed by atoms with van der Waals surface area (Å²) in [6, 6.07) is 0.182. The Morgan fingerprint density at radius 1 is 1.44 bits per heavy atom. The molecule has 0 saturated carbocycles. The second kappa shape index (κ2) is 5.07. The largest absolute Gasteiger partial charge is 0.347 e. The maximum Gasteiger partial charge on any atom is 0.267 e. The number of rotatable bonds is 2. The lowest BCUT2D eigenvalue weighted by Gasteiger charge is -2.24. The first-order valence-corrected chi connectivity index (χ1v) is 5.62. The molecule has 2 amide bonds. The van der Waals surface area contributed by atoms with Crippen molar-refractivity contribution in [2.75, 3.05) is 13.1 Å². The van der Waals surface area contributed by atoms with Crippen LogP contribution in [0.3, 0.4) is 0 Å². The lowest BCUT2D eigenvalue weighted by atomic mass is 10.1. The number of carbonyl (C=O) groups excluding carboxylic acids is 2. The highest BCUT2D eigenvalue weighted by atomic mass is 16.2. The maximum atomic E-state index is 11.8. The Balaban J connectivity index is 1.85. The van der Waals surface area contributed by atoms with Crippen LogP contribution < -0.4 is 16.1 Å². The molecule has 0 spiro atoms. The van der Waals surface area contributed by atoms with Crippen LogP contribution in [0.15, 0.2) is 5.10 Å². The van der Waals surface area contributed by atoms with Crippen LogP contribution in [0.1, 0.15) is 25.7 Å². The molecule has 0 unspecified atom stereocenters. The Kier molecular flexibility index (Phi) is 3.51. The molecule has 3 N–H and O–H groups in total. The topological polar surface area (TPSA) is 82.6 Å². The van der Waals surface area contributed by atoms with E-state index >= 15 is 0 Å². The molecule has 2 aliphatic rings. The van der Waals surface area contributed by atoms with Crippen molar-refractivity contribution in [3.05, 3.63) is 0 Å². The molecule has 0 aliphatic carbocycles. The molecule has 0 bridgehead atoms. The summed E-state index contributed by atoms with van der Waals surface area (Å²) in [6.07, 6.45) is 2.85. The van der Waals surface area contributed by atoms with Crippen molar-refractivity contribution >= 4 is 17.5 Å². The van der Waals surface area contributed by atoms with Gasteiger partial charge in [0.15, 0.2) is 0 Å². The summed E-state index contributed by atoms with van der Waals surface area (Å²) in [5, 5.41) is 9.91. The minimum absolute atomic E-state index is 0.129. The van der Waals surface area contributed by atoms with E-state index in [-0.39, 0.29) is 17.9 Å². The monoisotopic (exact) mass is 224 g/mol. The second-order valence-corrected chi connectivity index (χ2v) is 4.11. The normalized spacial score (nSPS) is 25.6. The summed E-state index contributed by atoms with van der Waals surface area (Å²) in [4.78, 5) is 22.6. The third-order valence-corrected chi connectivity index (χ3v) is 2.80. The van der Waals surface area contributed by atoms with Gasteiger partial charge in [0, 0.05) is 25.4 Å². The van der Waals surface area contributed by atoms with E-state index in [2.05, 4.69) is 21.2 Å². The average Bonchev–Trinajstić information content (AvgIpc) is 2.31. The zero-order chi connectivity index (χ0) is 11.4. The number of nitrogens with zero attached hydrogens (tertiary/aromatic N) is 1. The summed E-state index contributed by atoms with van der Waals surface area (Å²) in [7, 11) is 0. The first-order valence-electron chi connectivity index (χ1n) is 5.62. The van der Waals surface area contributed by atoms with Crippen LogP contribution in [-0.2, 0) is 9.59 Å². The van der Waals surface area contributed by atoms with E-state index in [1.807, 2.05) is 0 Å². The van der Waals surface area contributed by atoms with E-state index in [1.165, 1.54) is 0 Å². The van der Waals surface area contributed by atoms with Crippen molar-refractivity contribution in [2.45, 2.75) is 31.7 Å². The Morgan fingerprint density at radius 2 is 2.31 bits per heavy atom. The fraction of sp³-hybridized carbons (Fsp3) is 0.700. The highest BCUT2D eigenvalue weighted by molar-refractivity contribution is 6.39. The summed E-state index contributed by atoms with van der Waals surface area (Å²) >= 11 is 0. The molecule has 6 heteroatoms. The van der Waals surface area contributed by atoms with Gasteiger partial charge in [0.25, 0.3) is 5.91 Å². The molecular weight excluding hydrogens is 208 g/mol. The number of hydrogen-bond acceptors (Lipinski definition) is 4. The van der Waals surface area contributed by atoms with Crippen molar-refractivity contribution < 1.29 is 9.59 Å². The molecule has 1 atom stereocenters. The summed E-state index contributed by atoms with van der Waals surface area (Å²) in [5.41, 5.74) is 2.74. The SMILES string of the molecule is O=C1CCC(C(=O)N[C@H]2CCCNC2)=NN1. The highest BCUT2D eigenvalue weighted by Gasteiger charge is 2.21. The van der Waals surface area contributed by atoms with Gasteiger partial charge >= 0.3 is 0 Å². The molecule has 0 aromatic carbocycles. The first kappa shape index (κ1) is 11.1. The van der Waals surface area contributed by atoms with Crippen molar-refractivity contribution in [3.8, 4) is 0 Å². The van der Waals surface area contributed by atoms with Gasteiger partial charge < -0.3 is 10.6 Å². The molecular formula is C10H16N4O2. The van der Waals surface area contributed by atoms with Crippen LogP contribution >= 0.6 is 0 Å². The van der Waals surface area contributed by atoms with E-state index in [4.69, 9.17) is 0 Å². The van der Waals surface area contributed by atoms with E-state index in [0.29, 0.717) is 18.6 Å². The van der Waals surface area contributed by atoms with Gasteiger partial charge in [-0.15, -0.1) is 0 Å². The van der Waals surface area contributed by atoms with Gasteiger partial charge in [-0.05, 0) is 19.4 Å². The Hall–Kier alpha value is -1.43. The standard InChI is InChI=1S/C10H16N4O2/c15-9-4-3-8(13-14-9)10(16)12-7-2-1-5-11-6-7/h7,11H,1-6H2,(H,12,16)(H,14,15)/t7-/m0/s1. The molecule has 1 fully saturated rings. The third-order valence-electron chi connectivity index (χ3n) is 2.80. The Morgan fingerprint density at radius 3 is 2.94 bits per heavy atom. The van der Waals surface area contributed by atoms with Gasteiger partial charge in [0.05, 0.1) is 0 Å². The maximum absolute atomic E-state index is 11.8. The molecule has 16 heavy (non-hydrogen) atoms. The van der Waals surface area contributed by atoms with Gasteiger partial charge in [-0.1, -0.05) is 0 Å². The molecule has 2 heterocycles. The third kappa shape index (κ3) is 2.79. The number of hydrogen-bond donors (Lipinski definition) is 3. The van der Waals surface area contributed by atoms with E-state index in [9.17, 15) is 9.59 Å². The predicted octanol–water partition coefficient (Wildman–Crippen LogP) is -0.879. The first-order chi connectivity index (χ1) is 7.75. The van der Waals surface area contributed by atoms with E-state index < -0.39 is 0 Å². The van der Waals surface area contributed by atoms with Crippen LogP contribution in [0, 0.1) is 0 Å². The molecule has 0 aromatic rings. The quantitative estimate of drug-likeness (QED) is 0.569. The van der Waals surface area contributed by atoms with E-state index in [0.717, 1.165) is 25.9 Å². The summed E-state index contributed by atoms with van der Waals surface area (Å²) < 4.78 is 0. The van der Waals surface area contributed by atoms with Crippen LogP contribution in [-0.4, -0.2) is 36.7 Å². The van der Waals surface area contributed by atoms with Crippen LogP contribution in [0.2, 0.25) is 0 Å². The van der Waals surface area contributed by atoms with Gasteiger partial charge in [-0.25, -0.2) is 5.43 Å². The van der Waals surface area contributed by atoms with Gasteiger partial charge in [-0.2, -0.15) is 5.10 Å². The molecule has 2 aliphatic heterocycles. The second-order valence-electron chi connectivity index (χ2n) is 4.11. The highest BCUT2D eigenvalue weighted by Crippen LogP contribution is 2.04. The van der Waals surface area contributed by atoms with Gasteiger partial charge in [0.2, 0.25) is 5.91 Å². The molecule has 0 aromatic heterocycles. The van der Waals surface area contributed by atoms with E-state index in [1.54, 1.807) is 0 Å². The van der Waals surface area contributed by atoms with Crippen LogP contribution in [0.4, 0.5) is 0 Å². The molecule has 1 saturated heterocycles. The molecule has 2 rings (SSSR count). The lowest BCUT2D eigenvalue weighted by molar-refractivity contribution is -0.121. The zero-order valence-corrected chi connectivity index (χ0v) is 9.08. The minimum Gasteiger partial charge on any atom is -0.347 e. The fourth-order valence-electron chi connectivity index (χ4n) is 1.88. The molecule has 0 radical (unpaired) electrons. The average molecular weight is 224 g/mol. The number of hydrazone groups is 1. The number of piperidine rings is 1. The van der Waals surface area contributed by atoms with Gasteiger partial charge in [-0.3, -0.25) is 9.59 Å². The van der Waals surface area contributed by atoms with Crippen molar-refractivity contribution in [3.63, 3.8) is 0 Å². The van der Waals surface area contributed by atoms with Crippen molar-refractivity contribution in [1.29, 1.82) is 0 Å². The minimum atomic E-state index is -0.159. The van der Waals surface area contributed by atoms with Crippen molar-refractivity contribution in [1.82, 2.24) is 16.1 Å². The summed E-state index contributed by atoms with van der Waals surface area (Å²) in [5.74, 6) is -0.287. The summed E-state index contributed by atoms with van der Waals surface area (Å²) in [6.45, 7) is 1.83. The van der Waals surface area contributed by atoms with Crippen LogP contribution in [0.5, 0.6) is 0 Å². The molecule has 6 nitrogen and oxygen atoms in total. The van der Waals surface area contributed by atoms with Gasteiger partial charge in [0.1, 0.15) is 5.71 Å². The van der Waals surface area contributed by atoms with Crippen LogP contribution in [0.25, 0.3) is 0 Å². The number of nitrogens with one attached hydrogen (secondary N) is 3. The lowest BCUT2D eigenvalue weighted by Crippen LogP contribution is -2.48. The smallest absolute Gasteiger partial charge is 0.267 e. The van der Waals surface area contributed by atoms with Crippen molar-refractivity contribution in [2.24, 2.45) is 5.10 Å². The fourth-order valence-corrected chi connectivity index (χ4v) is 1.88.